The molecule has 2 aromatic rings. The molecule has 3 rings (SSSR count). The van der Waals surface area contributed by atoms with Crippen LogP contribution in [0.25, 0.3) is 0 Å². The smallest absolute Gasteiger partial charge is 0.417 e. The van der Waals surface area contributed by atoms with E-state index in [2.05, 4.69) is 4.98 Å². The van der Waals surface area contributed by atoms with Gasteiger partial charge in [-0.25, -0.2) is 4.39 Å². The molecule has 2 amide bonds. The monoisotopic (exact) mass is 487 g/mol. The quantitative estimate of drug-likeness (QED) is 0.651. The molecule has 0 bridgehead atoms. The molecule has 0 radical (unpaired) electrons. The number of hydrogen-bond donors (Lipinski definition) is 1. The van der Waals surface area contributed by atoms with Gasteiger partial charge >= 0.3 is 6.18 Å². The van der Waals surface area contributed by atoms with E-state index in [1.807, 2.05) is 0 Å². The van der Waals surface area contributed by atoms with Gasteiger partial charge in [-0.05, 0) is 25.1 Å². The maximum absolute atomic E-state index is 14.4. The van der Waals surface area contributed by atoms with Crippen LogP contribution in [-0.4, -0.2) is 48.8 Å². The van der Waals surface area contributed by atoms with Crippen molar-refractivity contribution in [1.29, 1.82) is 0 Å². The van der Waals surface area contributed by atoms with E-state index in [0.717, 1.165) is 31.1 Å². The molecule has 0 spiro atoms. The number of hydrogen-bond acceptors (Lipinski definition) is 5. The standard InChI is InChI=1S/C22H22F5N3O4/c1-10-15(12-5-6-13(23)16(24)17(12)33-4)18(34-21(10,2)22(25,26)27)20(32)30(3)11-7-8-29-14(9-11)19(28)31/h5-10,15,18H,1-4H3,(H2,28,31)/t10-,15-,18+,21+/m0/s1. The molecule has 1 aromatic heterocycles. The highest BCUT2D eigenvalue weighted by Crippen LogP contribution is 2.55. The Kier molecular flexibility index (Phi) is 6.57. The molecule has 0 saturated carbocycles. The fraction of sp³-hybridized carbons (Fsp3) is 0.409. The number of anilines is 1. The first-order chi connectivity index (χ1) is 15.7. The van der Waals surface area contributed by atoms with E-state index < -0.39 is 58.9 Å². The Morgan fingerprint density at radius 2 is 1.88 bits per heavy atom. The van der Waals surface area contributed by atoms with Crippen LogP contribution in [0.3, 0.4) is 0 Å². The van der Waals surface area contributed by atoms with Crippen LogP contribution < -0.4 is 15.4 Å². The fourth-order valence-corrected chi connectivity index (χ4v) is 4.11. The average molecular weight is 487 g/mol. The van der Waals surface area contributed by atoms with Gasteiger partial charge in [0.2, 0.25) is 5.82 Å². The summed E-state index contributed by atoms with van der Waals surface area (Å²) < 4.78 is 80.6. The molecular formula is C22H22F5N3O4. The van der Waals surface area contributed by atoms with Crippen LogP contribution in [-0.2, 0) is 9.53 Å². The lowest BCUT2D eigenvalue weighted by Gasteiger charge is -2.32. The molecule has 1 fully saturated rings. The Labute approximate surface area is 191 Å². The predicted octanol–water partition coefficient (Wildman–Crippen LogP) is 3.57. The number of nitrogens with zero attached hydrogens (tertiary/aromatic N) is 2. The van der Waals surface area contributed by atoms with Gasteiger partial charge in [0.15, 0.2) is 17.2 Å². The van der Waals surface area contributed by atoms with E-state index in [0.29, 0.717) is 0 Å². The van der Waals surface area contributed by atoms with E-state index in [1.165, 1.54) is 32.3 Å². The maximum atomic E-state index is 14.4. The first-order valence-corrected chi connectivity index (χ1v) is 10.0. The van der Waals surface area contributed by atoms with Gasteiger partial charge in [-0.15, -0.1) is 0 Å². The molecule has 2 N–H and O–H groups in total. The van der Waals surface area contributed by atoms with Crippen molar-refractivity contribution in [2.75, 3.05) is 19.1 Å². The Bertz CT molecular complexity index is 1130. The highest BCUT2D eigenvalue weighted by atomic mass is 19.4. The van der Waals surface area contributed by atoms with Crippen LogP contribution in [0.2, 0.25) is 0 Å². The second kappa shape index (κ2) is 8.82. The predicted molar refractivity (Wildman–Crippen MR) is 110 cm³/mol. The molecule has 7 nitrogen and oxygen atoms in total. The number of pyridine rings is 1. The third kappa shape index (κ3) is 4.06. The number of rotatable bonds is 5. The van der Waals surface area contributed by atoms with Crippen LogP contribution in [0.1, 0.15) is 35.8 Å². The lowest BCUT2D eigenvalue weighted by Crippen LogP contribution is -2.47. The molecule has 1 aliphatic heterocycles. The number of ether oxygens (including phenoxy) is 2. The minimum absolute atomic E-state index is 0.113. The molecule has 0 unspecified atom stereocenters. The Balaban J connectivity index is 2.13. The summed E-state index contributed by atoms with van der Waals surface area (Å²) in [7, 11) is 2.30. The van der Waals surface area contributed by atoms with Gasteiger partial charge < -0.3 is 20.1 Å². The number of carbonyl (C=O) groups is 2. The normalized spacial score (nSPS) is 24.7. The summed E-state index contributed by atoms with van der Waals surface area (Å²) in [4.78, 5) is 29.6. The van der Waals surface area contributed by atoms with Crippen molar-refractivity contribution in [3.63, 3.8) is 0 Å². The van der Waals surface area contributed by atoms with Gasteiger partial charge in [0.05, 0.1) is 7.11 Å². The second-order valence-corrected chi connectivity index (χ2v) is 8.10. The topological polar surface area (TPSA) is 94.8 Å². The highest BCUT2D eigenvalue weighted by Gasteiger charge is 2.66. The number of halogens is 5. The van der Waals surface area contributed by atoms with Gasteiger partial charge in [-0.3, -0.25) is 14.6 Å². The zero-order valence-electron chi connectivity index (χ0n) is 18.6. The first-order valence-electron chi connectivity index (χ1n) is 10.0. The van der Waals surface area contributed by atoms with Gasteiger partial charge in [0, 0.05) is 36.3 Å². The molecule has 0 aliphatic carbocycles. The summed E-state index contributed by atoms with van der Waals surface area (Å²) in [5.74, 6) is -7.82. The number of carbonyl (C=O) groups excluding carboxylic acids is 2. The average Bonchev–Trinajstić information content (AvgIpc) is 3.06. The molecule has 4 atom stereocenters. The third-order valence-electron chi connectivity index (χ3n) is 6.27. The Morgan fingerprint density at radius 1 is 1.24 bits per heavy atom. The van der Waals surface area contributed by atoms with Gasteiger partial charge in [-0.2, -0.15) is 17.6 Å². The number of methoxy groups -OCH3 is 1. The van der Waals surface area contributed by atoms with Crippen molar-refractivity contribution in [1.82, 2.24) is 4.98 Å². The van der Waals surface area contributed by atoms with Crippen molar-refractivity contribution in [3.05, 3.63) is 53.4 Å². The molecule has 2 heterocycles. The van der Waals surface area contributed by atoms with Crippen molar-refractivity contribution in [3.8, 4) is 5.75 Å². The summed E-state index contributed by atoms with van der Waals surface area (Å²) in [5.41, 5.74) is 2.21. The molecule has 34 heavy (non-hydrogen) atoms. The molecule has 1 saturated heterocycles. The fourth-order valence-electron chi connectivity index (χ4n) is 4.11. The number of alkyl halides is 3. The van der Waals surface area contributed by atoms with Crippen LogP contribution in [0.4, 0.5) is 27.6 Å². The molecule has 1 aliphatic rings. The van der Waals surface area contributed by atoms with Crippen molar-refractivity contribution < 1.29 is 41.0 Å². The summed E-state index contributed by atoms with van der Waals surface area (Å²) >= 11 is 0. The lowest BCUT2D eigenvalue weighted by atomic mass is 9.76. The zero-order chi connectivity index (χ0) is 25.6. The van der Waals surface area contributed by atoms with E-state index in [4.69, 9.17) is 15.2 Å². The lowest BCUT2D eigenvalue weighted by molar-refractivity contribution is -0.272. The van der Waals surface area contributed by atoms with E-state index in [-0.39, 0.29) is 16.9 Å². The number of primary amides is 1. The van der Waals surface area contributed by atoms with Crippen LogP contribution in [0.15, 0.2) is 30.5 Å². The van der Waals surface area contributed by atoms with Crippen LogP contribution in [0.5, 0.6) is 5.75 Å². The number of likely N-dealkylation sites (N-methyl/N-ethyl adjacent to an activating group) is 1. The number of amides is 2. The van der Waals surface area contributed by atoms with Crippen molar-refractivity contribution >= 4 is 17.5 Å². The highest BCUT2D eigenvalue weighted by molar-refractivity contribution is 5.98. The number of nitrogens with two attached hydrogens (primary N) is 1. The van der Waals surface area contributed by atoms with Gasteiger partial charge in [0.25, 0.3) is 11.8 Å². The van der Waals surface area contributed by atoms with Crippen LogP contribution in [0, 0.1) is 17.6 Å². The molecule has 1 aromatic carbocycles. The van der Waals surface area contributed by atoms with E-state index in [1.54, 1.807) is 0 Å². The number of benzene rings is 1. The van der Waals surface area contributed by atoms with E-state index in [9.17, 15) is 31.5 Å². The molecular weight excluding hydrogens is 465 g/mol. The minimum atomic E-state index is -4.89. The molecule has 184 valence electrons. The largest absolute Gasteiger partial charge is 0.493 e. The summed E-state index contributed by atoms with van der Waals surface area (Å²) in [6, 6.07) is 4.35. The minimum Gasteiger partial charge on any atom is -0.493 e. The maximum Gasteiger partial charge on any atom is 0.417 e. The first kappa shape index (κ1) is 25.3. The van der Waals surface area contributed by atoms with Crippen molar-refractivity contribution in [2.45, 2.75) is 37.6 Å². The number of aromatic nitrogens is 1. The Morgan fingerprint density at radius 3 is 2.44 bits per heavy atom. The zero-order valence-corrected chi connectivity index (χ0v) is 18.6. The second-order valence-electron chi connectivity index (χ2n) is 8.10. The third-order valence-corrected chi connectivity index (χ3v) is 6.27. The van der Waals surface area contributed by atoms with Gasteiger partial charge in [-0.1, -0.05) is 13.0 Å². The summed E-state index contributed by atoms with van der Waals surface area (Å²) in [6.45, 7) is 2.01. The van der Waals surface area contributed by atoms with E-state index >= 15 is 0 Å². The van der Waals surface area contributed by atoms with Crippen molar-refractivity contribution in [2.24, 2.45) is 11.7 Å². The summed E-state index contributed by atoms with van der Waals surface area (Å²) in [6.07, 6.45) is -5.44. The SMILES string of the molecule is COc1c([C@H]2[C@H](C(=O)N(C)c3ccnc(C(N)=O)c3)O[C@@](C)(C(F)(F)F)[C@H]2C)ccc(F)c1F. The van der Waals surface area contributed by atoms with Crippen LogP contribution >= 0.6 is 0 Å². The summed E-state index contributed by atoms with van der Waals surface area (Å²) in [5, 5.41) is 0. The molecule has 12 heteroatoms. The van der Waals surface area contributed by atoms with Gasteiger partial charge in [0.1, 0.15) is 11.8 Å². The Hall–Kier alpha value is -3.28.